The lowest BCUT2D eigenvalue weighted by Gasteiger charge is -2.14. The molecule has 0 atom stereocenters. The summed E-state index contributed by atoms with van der Waals surface area (Å²) in [6, 6.07) is 16.6. The number of rotatable bonds is 11. The van der Waals surface area contributed by atoms with E-state index in [2.05, 4.69) is 57.0 Å². The van der Waals surface area contributed by atoms with Crippen molar-refractivity contribution < 1.29 is 28.2 Å². The van der Waals surface area contributed by atoms with Crippen molar-refractivity contribution in [2.24, 2.45) is 10.8 Å². The van der Waals surface area contributed by atoms with Crippen LogP contribution in [0.2, 0.25) is 5.02 Å². The first kappa shape index (κ1) is 28.8. The van der Waals surface area contributed by atoms with Crippen molar-refractivity contribution in [1.82, 2.24) is 9.99 Å². The van der Waals surface area contributed by atoms with Gasteiger partial charge in [0, 0.05) is 27.1 Å². The van der Waals surface area contributed by atoms with Crippen molar-refractivity contribution >= 4 is 45.6 Å². The van der Waals surface area contributed by atoms with Gasteiger partial charge in [-0.3, -0.25) is 9.59 Å². The van der Waals surface area contributed by atoms with E-state index in [1.54, 1.807) is 12.1 Å². The number of amides is 2. The van der Waals surface area contributed by atoms with Crippen LogP contribution in [0.5, 0.6) is 17.2 Å². The number of hydrazone groups is 1. The number of ether oxygens (including phenoxy) is 3. The van der Waals surface area contributed by atoms with Gasteiger partial charge in [-0.25, -0.2) is 5.43 Å². The van der Waals surface area contributed by atoms with E-state index in [0.717, 1.165) is 17.1 Å². The van der Waals surface area contributed by atoms with Crippen LogP contribution in [-0.4, -0.2) is 36.3 Å². The molecule has 2 amide bonds. The van der Waals surface area contributed by atoms with Gasteiger partial charge in [0.2, 0.25) is 0 Å². The summed E-state index contributed by atoms with van der Waals surface area (Å²) in [7, 11) is 1.41. The number of primary amides is 1. The molecular weight excluding hydrogens is 604 g/mol. The highest BCUT2D eigenvalue weighted by Crippen LogP contribution is 2.42. The van der Waals surface area contributed by atoms with E-state index in [4.69, 9.17) is 36.0 Å². The number of nitrogens with one attached hydrogen (secondary N) is 1. The van der Waals surface area contributed by atoms with Gasteiger partial charge in [-0.15, -0.1) is 0 Å². The summed E-state index contributed by atoms with van der Waals surface area (Å²) in [5, 5.41) is 4.11. The maximum atomic E-state index is 12.5. The standard InChI is InChI=1S/C28H26BrClN4O6/c1-16-4-5-17(2)34(16)19-6-8-20(9-7-19)38-14-21-10-11-22(40-21)28(36)33-32-13-18-12-23(37-3)27(26(30)25(18)29)39-15-24(31)35/h4-13H,14-15H2,1-3H3,(H2,31,35)(H,33,36)/b32-13+. The van der Waals surface area contributed by atoms with Gasteiger partial charge < -0.3 is 28.9 Å². The second-order valence-electron chi connectivity index (χ2n) is 8.58. The molecule has 3 N–H and O–H groups in total. The van der Waals surface area contributed by atoms with Crippen molar-refractivity contribution in [2.45, 2.75) is 20.5 Å². The van der Waals surface area contributed by atoms with Gasteiger partial charge in [0.25, 0.3) is 5.91 Å². The summed E-state index contributed by atoms with van der Waals surface area (Å²) in [6.07, 6.45) is 1.36. The molecule has 0 unspecified atom stereocenters. The molecule has 0 aliphatic heterocycles. The molecule has 10 nitrogen and oxygen atoms in total. The molecule has 40 heavy (non-hydrogen) atoms. The number of furan rings is 1. The van der Waals surface area contributed by atoms with Gasteiger partial charge in [0.05, 0.1) is 13.3 Å². The number of nitrogens with zero attached hydrogens (tertiary/aromatic N) is 2. The topological polar surface area (TPSA) is 130 Å². The molecule has 4 aromatic rings. The van der Waals surface area contributed by atoms with E-state index in [0.29, 0.717) is 21.5 Å². The quantitative estimate of drug-likeness (QED) is 0.171. The van der Waals surface area contributed by atoms with E-state index >= 15 is 0 Å². The molecule has 12 heteroatoms. The van der Waals surface area contributed by atoms with Crippen LogP contribution in [-0.2, 0) is 11.4 Å². The normalized spacial score (nSPS) is 11.0. The van der Waals surface area contributed by atoms with Crippen LogP contribution in [0.1, 0.15) is 33.3 Å². The number of aryl methyl sites for hydroxylation is 2. The number of aromatic nitrogens is 1. The third-order valence-corrected chi connectivity index (χ3v) is 7.18. The predicted molar refractivity (Wildman–Crippen MR) is 154 cm³/mol. The summed E-state index contributed by atoms with van der Waals surface area (Å²) in [4.78, 5) is 23.6. The Morgan fingerprint density at radius 1 is 1.10 bits per heavy atom. The van der Waals surface area contributed by atoms with Gasteiger partial charge >= 0.3 is 5.91 Å². The molecule has 0 aliphatic carbocycles. The van der Waals surface area contributed by atoms with Crippen LogP contribution in [0.25, 0.3) is 5.69 Å². The molecular formula is C28H26BrClN4O6. The summed E-state index contributed by atoms with van der Waals surface area (Å²) in [5.41, 5.74) is 11.4. The van der Waals surface area contributed by atoms with Crippen molar-refractivity contribution in [3.05, 3.63) is 92.6 Å². The molecule has 208 valence electrons. The summed E-state index contributed by atoms with van der Waals surface area (Å²) < 4.78 is 24.6. The lowest BCUT2D eigenvalue weighted by molar-refractivity contribution is -0.119. The number of carbonyl (C=O) groups excluding carboxylic acids is 2. The molecule has 2 heterocycles. The molecule has 0 saturated heterocycles. The minimum atomic E-state index is -0.664. The lowest BCUT2D eigenvalue weighted by atomic mass is 10.2. The van der Waals surface area contributed by atoms with E-state index in [1.165, 1.54) is 19.4 Å². The van der Waals surface area contributed by atoms with Gasteiger partial charge in [0.1, 0.15) is 23.1 Å². The number of carbonyl (C=O) groups is 2. The fraction of sp³-hybridized carbons (Fsp3) is 0.179. The smallest absolute Gasteiger partial charge is 0.307 e. The summed E-state index contributed by atoms with van der Waals surface area (Å²) in [6.45, 7) is 3.89. The second-order valence-corrected chi connectivity index (χ2v) is 9.75. The number of benzene rings is 2. The Morgan fingerprint density at radius 3 is 2.45 bits per heavy atom. The Kier molecular flexibility index (Phi) is 9.18. The number of methoxy groups -OCH3 is 1. The molecule has 0 radical (unpaired) electrons. The van der Waals surface area contributed by atoms with E-state index in [-0.39, 0.29) is 35.5 Å². The third-order valence-electron chi connectivity index (χ3n) is 5.74. The Balaban J connectivity index is 1.35. The van der Waals surface area contributed by atoms with E-state index in [1.807, 2.05) is 24.3 Å². The number of halogens is 2. The average Bonchev–Trinajstić information content (AvgIpc) is 3.55. The minimum Gasteiger partial charge on any atom is -0.493 e. The summed E-state index contributed by atoms with van der Waals surface area (Å²) in [5.74, 6) is 0.382. The fourth-order valence-corrected chi connectivity index (χ4v) is 4.50. The number of hydrogen-bond donors (Lipinski definition) is 2. The van der Waals surface area contributed by atoms with Crippen molar-refractivity contribution in [3.63, 3.8) is 0 Å². The van der Waals surface area contributed by atoms with Crippen LogP contribution in [0.15, 0.2) is 68.6 Å². The largest absolute Gasteiger partial charge is 0.493 e. The van der Waals surface area contributed by atoms with Crippen LogP contribution >= 0.6 is 27.5 Å². The maximum Gasteiger partial charge on any atom is 0.307 e. The molecule has 4 rings (SSSR count). The van der Waals surface area contributed by atoms with E-state index < -0.39 is 11.8 Å². The average molecular weight is 630 g/mol. The van der Waals surface area contributed by atoms with Crippen LogP contribution in [0.3, 0.4) is 0 Å². The van der Waals surface area contributed by atoms with Crippen molar-refractivity contribution in [2.75, 3.05) is 13.7 Å². The Bertz CT molecular complexity index is 1540. The Morgan fingerprint density at radius 2 is 1.80 bits per heavy atom. The predicted octanol–water partition coefficient (Wildman–Crippen LogP) is 5.32. The monoisotopic (exact) mass is 628 g/mol. The van der Waals surface area contributed by atoms with Crippen LogP contribution < -0.4 is 25.4 Å². The fourth-order valence-electron chi connectivity index (χ4n) is 3.84. The molecule has 2 aromatic heterocycles. The zero-order valence-electron chi connectivity index (χ0n) is 21.9. The van der Waals surface area contributed by atoms with Crippen LogP contribution in [0.4, 0.5) is 0 Å². The highest BCUT2D eigenvalue weighted by molar-refractivity contribution is 9.10. The van der Waals surface area contributed by atoms with Crippen LogP contribution in [0, 0.1) is 13.8 Å². The zero-order chi connectivity index (χ0) is 28.8. The van der Waals surface area contributed by atoms with E-state index in [9.17, 15) is 9.59 Å². The first-order valence-corrected chi connectivity index (χ1v) is 13.1. The third kappa shape index (κ3) is 6.67. The molecule has 0 fully saturated rings. The first-order chi connectivity index (χ1) is 19.2. The highest BCUT2D eigenvalue weighted by Gasteiger charge is 2.18. The lowest BCUT2D eigenvalue weighted by Crippen LogP contribution is -2.20. The summed E-state index contributed by atoms with van der Waals surface area (Å²) >= 11 is 9.69. The molecule has 0 aliphatic rings. The SMILES string of the molecule is COc1cc(/C=N/NC(=O)c2ccc(COc3ccc(-n4c(C)ccc4C)cc3)o2)c(Br)c(Cl)c1OCC(N)=O. The van der Waals surface area contributed by atoms with Gasteiger partial charge in [-0.1, -0.05) is 11.6 Å². The second kappa shape index (κ2) is 12.8. The molecule has 0 spiro atoms. The van der Waals surface area contributed by atoms with Crippen molar-refractivity contribution in [3.8, 4) is 22.9 Å². The Labute approximate surface area is 243 Å². The number of nitrogens with two attached hydrogens (primary N) is 1. The maximum absolute atomic E-state index is 12.5. The van der Waals surface area contributed by atoms with Crippen molar-refractivity contribution in [1.29, 1.82) is 0 Å². The number of hydrogen-bond acceptors (Lipinski definition) is 7. The molecule has 2 aromatic carbocycles. The zero-order valence-corrected chi connectivity index (χ0v) is 24.2. The van der Waals surface area contributed by atoms with Gasteiger partial charge in [-0.05, 0) is 84.4 Å². The van der Waals surface area contributed by atoms with Gasteiger partial charge in [0.15, 0.2) is 23.9 Å². The molecule has 0 saturated carbocycles. The van der Waals surface area contributed by atoms with Gasteiger partial charge in [-0.2, -0.15) is 5.10 Å². The molecule has 0 bridgehead atoms. The minimum absolute atomic E-state index is 0.0644. The Hall–Kier alpha value is -4.22. The first-order valence-electron chi connectivity index (χ1n) is 11.9. The highest BCUT2D eigenvalue weighted by atomic mass is 79.9.